The van der Waals surface area contributed by atoms with E-state index in [1.165, 1.54) is 25.1 Å². The van der Waals surface area contributed by atoms with Crippen LogP contribution in [0.15, 0.2) is 10.5 Å². The molecule has 2 heterocycles. The highest BCUT2D eigenvalue weighted by atomic mass is 16.3. The molecule has 0 saturated carbocycles. The van der Waals surface area contributed by atoms with E-state index in [1.54, 1.807) is 0 Å². The highest BCUT2D eigenvalue weighted by molar-refractivity contribution is 5.20. The topological polar surface area (TPSA) is 31.6 Å². The van der Waals surface area contributed by atoms with E-state index in [4.69, 9.17) is 4.42 Å². The Kier molecular flexibility index (Phi) is 5.64. The Morgan fingerprint density at radius 3 is 2.60 bits per heavy atom. The molecule has 1 atom stereocenters. The van der Waals surface area contributed by atoms with Gasteiger partial charge in [-0.15, -0.1) is 0 Å². The number of hydrogen-bond acceptors (Lipinski definition) is 4. The first-order chi connectivity index (χ1) is 9.63. The molecule has 0 spiro atoms. The summed E-state index contributed by atoms with van der Waals surface area (Å²) in [5.74, 6) is 2.17. The van der Waals surface area contributed by atoms with Crippen molar-refractivity contribution in [2.75, 3.05) is 33.2 Å². The molecule has 1 aromatic rings. The quantitative estimate of drug-likeness (QED) is 0.865. The van der Waals surface area contributed by atoms with Crippen LogP contribution in [0, 0.1) is 6.92 Å². The standard InChI is InChI=1S/C16H29N3O/c1-5-14(3)19-8-6-18(7-9-19)12-15-10-13(2)16(20-15)11-17-4/h10,14,17H,5-9,11-12H2,1-4H3. The molecule has 1 N–H and O–H groups in total. The highest BCUT2D eigenvalue weighted by Crippen LogP contribution is 2.17. The van der Waals surface area contributed by atoms with Crippen LogP contribution in [-0.4, -0.2) is 49.1 Å². The monoisotopic (exact) mass is 279 g/mol. The first-order valence-electron chi connectivity index (χ1n) is 7.83. The lowest BCUT2D eigenvalue weighted by molar-refractivity contribution is 0.0917. The van der Waals surface area contributed by atoms with Crippen molar-refractivity contribution in [3.8, 4) is 0 Å². The lowest BCUT2D eigenvalue weighted by atomic mass is 10.2. The van der Waals surface area contributed by atoms with E-state index in [1.807, 2.05) is 7.05 Å². The number of nitrogens with zero attached hydrogens (tertiary/aromatic N) is 2. The van der Waals surface area contributed by atoms with Gasteiger partial charge in [0.1, 0.15) is 11.5 Å². The fourth-order valence-corrected chi connectivity index (χ4v) is 2.84. The summed E-state index contributed by atoms with van der Waals surface area (Å²) in [6.07, 6.45) is 1.24. The Balaban J connectivity index is 1.85. The zero-order chi connectivity index (χ0) is 14.5. The van der Waals surface area contributed by atoms with Gasteiger partial charge < -0.3 is 9.73 Å². The number of rotatable bonds is 6. The minimum absolute atomic E-state index is 0.713. The molecule has 0 bridgehead atoms. The van der Waals surface area contributed by atoms with Crippen LogP contribution in [-0.2, 0) is 13.1 Å². The van der Waals surface area contributed by atoms with Gasteiger partial charge in [0.25, 0.3) is 0 Å². The third kappa shape index (κ3) is 3.84. The van der Waals surface area contributed by atoms with E-state index in [-0.39, 0.29) is 0 Å². The SMILES string of the molecule is CCC(C)N1CCN(Cc2cc(C)c(CNC)o2)CC1. The summed E-state index contributed by atoms with van der Waals surface area (Å²) in [5, 5.41) is 3.15. The molecular weight excluding hydrogens is 250 g/mol. The number of nitrogens with one attached hydrogen (secondary N) is 1. The van der Waals surface area contributed by atoms with Gasteiger partial charge in [0.05, 0.1) is 13.1 Å². The first kappa shape index (κ1) is 15.5. The molecule has 0 amide bonds. The second kappa shape index (κ2) is 7.25. The minimum Gasteiger partial charge on any atom is -0.463 e. The number of aryl methyl sites for hydroxylation is 1. The summed E-state index contributed by atoms with van der Waals surface area (Å²) in [6.45, 7) is 13.1. The normalized spacial score (nSPS) is 19.4. The summed E-state index contributed by atoms with van der Waals surface area (Å²) in [4.78, 5) is 5.09. The average Bonchev–Trinajstić information content (AvgIpc) is 2.79. The molecule has 1 fully saturated rings. The Morgan fingerprint density at radius 2 is 2.00 bits per heavy atom. The molecule has 20 heavy (non-hydrogen) atoms. The Bertz CT molecular complexity index is 408. The molecule has 4 heteroatoms. The van der Waals surface area contributed by atoms with Crippen LogP contribution >= 0.6 is 0 Å². The summed E-state index contributed by atoms with van der Waals surface area (Å²) in [7, 11) is 1.95. The van der Waals surface area contributed by atoms with Crippen LogP contribution in [0.1, 0.15) is 37.4 Å². The van der Waals surface area contributed by atoms with Crippen molar-refractivity contribution in [1.29, 1.82) is 0 Å². The largest absolute Gasteiger partial charge is 0.463 e. The van der Waals surface area contributed by atoms with E-state index >= 15 is 0 Å². The van der Waals surface area contributed by atoms with E-state index < -0.39 is 0 Å². The van der Waals surface area contributed by atoms with Crippen LogP contribution < -0.4 is 5.32 Å². The molecule has 114 valence electrons. The van der Waals surface area contributed by atoms with Gasteiger partial charge >= 0.3 is 0 Å². The zero-order valence-electron chi connectivity index (χ0n) is 13.4. The van der Waals surface area contributed by atoms with Crippen LogP contribution in [0.25, 0.3) is 0 Å². The maximum Gasteiger partial charge on any atom is 0.120 e. The lowest BCUT2D eigenvalue weighted by Gasteiger charge is -2.37. The molecule has 0 aromatic carbocycles. The van der Waals surface area contributed by atoms with Crippen molar-refractivity contribution in [2.45, 2.75) is 46.3 Å². The van der Waals surface area contributed by atoms with Crippen molar-refractivity contribution in [3.05, 3.63) is 23.2 Å². The molecule has 1 aromatic heterocycles. The van der Waals surface area contributed by atoms with Gasteiger partial charge in [0.2, 0.25) is 0 Å². The lowest BCUT2D eigenvalue weighted by Crippen LogP contribution is -2.48. The van der Waals surface area contributed by atoms with Gasteiger partial charge in [-0.2, -0.15) is 0 Å². The molecule has 0 aliphatic carbocycles. The average molecular weight is 279 g/mol. The fourth-order valence-electron chi connectivity index (χ4n) is 2.84. The van der Waals surface area contributed by atoms with Gasteiger partial charge in [-0.3, -0.25) is 9.80 Å². The van der Waals surface area contributed by atoms with Crippen molar-refractivity contribution in [2.24, 2.45) is 0 Å². The van der Waals surface area contributed by atoms with Gasteiger partial charge in [0.15, 0.2) is 0 Å². The minimum atomic E-state index is 0.713. The Hall–Kier alpha value is -0.840. The number of hydrogen-bond donors (Lipinski definition) is 1. The summed E-state index contributed by atoms with van der Waals surface area (Å²) in [6, 6.07) is 2.90. The smallest absolute Gasteiger partial charge is 0.120 e. The van der Waals surface area contributed by atoms with Crippen molar-refractivity contribution < 1.29 is 4.42 Å². The van der Waals surface area contributed by atoms with E-state index in [2.05, 4.69) is 42.0 Å². The summed E-state index contributed by atoms with van der Waals surface area (Å²) < 4.78 is 5.94. The van der Waals surface area contributed by atoms with Gasteiger partial charge in [-0.25, -0.2) is 0 Å². The summed E-state index contributed by atoms with van der Waals surface area (Å²) >= 11 is 0. The van der Waals surface area contributed by atoms with E-state index in [0.29, 0.717) is 6.04 Å². The maximum absolute atomic E-state index is 5.94. The van der Waals surface area contributed by atoms with Crippen molar-refractivity contribution >= 4 is 0 Å². The molecular formula is C16H29N3O. The Morgan fingerprint density at radius 1 is 1.30 bits per heavy atom. The molecule has 0 radical (unpaired) electrons. The predicted molar refractivity (Wildman–Crippen MR) is 82.8 cm³/mol. The third-order valence-corrected chi connectivity index (χ3v) is 4.41. The zero-order valence-corrected chi connectivity index (χ0v) is 13.4. The maximum atomic E-state index is 5.94. The first-order valence-corrected chi connectivity index (χ1v) is 7.83. The molecule has 1 saturated heterocycles. The number of furan rings is 1. The van der Waals surface area contributed by atoms with Gasteiger partial charge in [-0.05, 0) is 38.9 Å². The second-order valence-electron chi connectivity index (χ2n) is 5.92. The predicted octanol–water partition coefficient (Wildman–Crippen LogP) is 2.22. The molecule has 1 unspecified atom stereocenters. The third-order valence-electron chi connectivity index (χ3n) is 4.41. The Labute approximate surface area is 123 Å². The van der Waals surface area contributed by atoms with E-state index in [0.717, 1.165) is 37.7 Å². The second-order valence-corrected chi connectivity index (χ2v) is 5.92. The number of piperazine rings is 1. The molecule has 4 nitrogen and oxygen atoms in total. The van der Waals surface area contributed by atoms with Crippen molar-refractivity contribution in [3.63, 3.8) is 0 Å². The van der Waals surface area contributed by atoms with Crippen LogP contribution in [0.4, 0.5) is 0 Å². The van der Waals surface area contributed by atoms with Crippen LogP contribution in [0.2, 0.25) is 0 Å². The molecule has 1 aliphatic rings. The summed E-state index contributed by atoms with van der Waals surface area (Å²) in [5.41, 5.74) is 1.26. The van der Waals surface area contributed by atoms with Crippen LogP contribution in [0.3, 0.4) is 0 Å². The van der Waals surface area contributed by atoms with Crippen molar-refractivity contribution in [1.82, 2.24) is 15.1 Å². The fraction of sp³-hybridized carbons (Fsp3) is 0.750. The molecule has 1 aliphatic heterocycles. The van der Waals surface area contributed by atoms with Crippen LogP contribution in [0.5, 0.6) is 0 Å². The highest BCUT2D eigenvalue weighted by Gasteiger charge is 2.21. The van der Waals surface area contributed by atoms with Gasteiger partial charge in [0, 0.05) is 32.2 Å². The molecule has 2 rings (SSSR count). The van der Waals surface area contributed by atoms with Gasteiger partial charge in [-0.1, -0.05) is 6.92 Å². The van der Waals surface area contributed by atoms with E-state index in [9.17, 15) is 0 Å².